The van der Waals surface area contributed by atoms with Gasteiger partial charge in [-0.3, -0.25) is 11.3 Å². The third kappa shape index (κ3) is 4.62. The van der Waals surface area contributed by atoms with Gasteiger partial charge in [0.15, 0.2) is 0 Å². The van der Waals surface area contributed by atoms with E-state index < -0.39 is 0 Å². The Morgan fingerprint density at radius 2 is 1.79 bits per heavy atom. The van der Waals surface area contributed by atoms with Gasteiger partial charge < -0.3 is 0 Å². The molecule has 3 N–H and O–H groups in total. The second-order valence-corrected chi connectivity index (χ2v) is 3.59. The number of halogens is 3. The lowest BCUT2D eigenvalue weighted by Gasteiger charge is -2.13. The quantitative estimate of drug-likeness (QED) is 0.664. The number of nitrogens with two attached hydrogens (primary N) is 1. The maximum atomic E-state index is 5.39. The molecule has 1 aromatic carbocycles. The number of benzene rings is 1. The molecule has 0 saturated heterocycles. The van der Waals surface area contributed by atoms with E-state index in [9.17, 15) is 0 Å². The van der Waals surface area contributed by atoms with Crippen molar-refractivity contribution in [2.45, 2.75) is 19.4 Å². The van der Waals surface area contributed by atoms with Crippen molar-refractivity contribution < 1.29 is 0 Å². The van der Waals surface area contributed by atoms with E-state index in [1.807, 2.05) is 12.1 Å². The Morgan fingerprint density at radius 3 is 2.14 bits per heavy atom. The molecule has 1 aromatic rings. The molecule has 0 aromatic heterocycles. The van der Waals surface area contributed by atoms with Crippen molar-refractivity contribution in [3.05, 3.63) is 34.3 Å². The zero-order chi connectivity index (χ0) is 8.97. The maximum Gasteiger partial charge on any atom is 0.0457 e. The molecule has 0 amide bonds. The summed E-state index contributed by atoms with van der Waals surface area (Å²) in [5.41, 5.74) is 4.00. The van der Waals surface area contributed by atoms with Crippen LogP contribution in [-0.2, 0) is 0 Å². The molecule has 0 bridgehead atoms. The Hall–Kier alpha value is 0.200. The zero-order valence-corrected chi connectivity index (χ0v) is 11.1. The number of hydrazine groups is 1. The van der Waals surface area contributed by atoms with Crippen LogP contribution in [0.5, 0.6) is 0 Å². The van der Waals surface area contributed by atoms with E-state index in [1.54, 1.807) is 0 Å². The first-order valence-electron chi connectivity index (χ1n) is 3.99. The molecule has 14 heavy (non-hydrogen) atoms. The summed E-state index contributed by atoms with van der Waals surface area (Å²) in [6, 6.07) is 8.44. The molecule has 5 heteroatoms. The van der Waals surface area contributed by atoms with Crippen molar-refractivity contribution in [1.29, 1.82) is 0 Å². The van der Waals surface area contributed by atoms with Crippen molar-refractivity contribution >= 4 is 40.7 Å². The van der Waals surface area contributed by atoms with Gasteiger partial charge in [-0.15, -0.1) is 24.8 Å². The molecular formula is C9H15BrCl2N2. The minimum absolute atomic E-state index is 0. The molecule has 1 unspecified atom stereocenters. The average Bonchev–Trinajstić information content (AvgIpc) is 2.10. The highest BCUT2D eigenvalue weighted by Gasteiger charge is 2.04. The molecular weight excluding hydrogens is 287 g/mol. The van der Waals surface area contributed by atoms with Crippen molar-refractivity contribution in [3.8, 4) is 0 Å². The lowest BCUT2D eigenvalue weighted by atomic mass is 10.1. The molecule has 0 heterocycles. The van der Waals surface area contributed by atoms with Crippen molar-refractivity contribution in [2.75, 3.05) is 0 Å². The second-order valence-electron chi connectivity index (χ2n) is 2.68. The van der Waals surface area contributed by atoms with Gasteiger partial charge in [0.2, 0.25) is 0 Å². The van der Waals surface area contributed by atoms with Gasteiger partial charge in [-0.05, 0) is 24.1 Å². The van der Waals surface area contributed by atoms with Gasteiger partial charge in [0, 0.05) is 10.5 Å². The first kappa shape index (κ1) is 16.6. The Balaban J connectivity index is 0. The fraction of sp³-hybridized carbons (Fsp3) is 0.333. The van der Waals surface area contributed by atoms with Crippen LogP contribution in [0, 0.1) is 0 Å². The predicted octanol–water partition coefficient (Wildman–Crippen LogP) is 3.21. The molecule has 0 aliphatic rings. The summed E-state index contributed by atoms with van der Waals surface area (Å²) in [7, 11) is 0. The molecule has 0 aliphatic carbocycles. The number of hydrogen-bond donors (Lipinski definition) is 2. The molecule has 82 valence electrons. The van der Waals surface area contributed by atoms with Crippen LogP contribution >= 0.6 is 40.7 Å². The van der Waals surface area contributed by atoms with E-state index in [1.165, 1.54) is 5.56 Å². The van der Waals surface area contributed by atoms with E-state index in [-0.39, 0.29) is 30.9 Å². The number of nitrogens with one attached hydrogen (secondary N) is 1. The fourth-order valence-corrected chi connectivity index (χ4v) is 1.41. The molecule has 0 aliphatic heterocycles. The van der Waals surface area contributed by atoms with Crippen LogP contribution < -0.4 is 11.3 Å². The number of hydrogen-bond acceptors (Lipinski definition) is 2. The van der Waals surface area contributed by atoms with E-state index in [0.717, 1.165) is 10.9 Å². The molecule has 0 radical (unpaired) electrons. The SMILES string of the molecule is CCC(NN)c1ccc(Br)cc1.Cl.Cl. The first-order chi connectivity index (χ1) is 5.77. The Kier molecular flexibility index (Phi) is 10.1. The first-order valence-corrected chi connectivity index (χ1v) is 4.78. The second kappa shape index (κ2) is 8.50. The highest BCUT2D eigenvalue weighted by molar-refractivity contribution is 9.10. The minimum atomic E-state index is 0. The van der Waals surface area contributed by atoms with Gasteiger partial charge in [-0.1, -0.05) is 35.0 Å². The topological polar surface area (TPSA) is 38.0 Å². The summed E-state index contributed by atoms with van der Waals surface area (Å²) >= 11 is 3.39. The summed E-state index contributed by atoms with van der Waals surface area (Å²) < 4.78 is 1.10. The Morgan fingerprint density at radius 1 is 1.29 bits per heavy atom. The standard InChI is InChI=1S/C9H13BrN2.2ClH/c1-2-9(12-11)7-3-5-8(10)6-4-7;;/h3-6,9,12H,2,11H2,1H3;2*1H. The van der Waals surface area contributed by atoms with Crippen LogP contribution in [0.3, 0.4) is 0 Å². The molecule has 1 rings (SSSR count). The lowest BCUT2D eigenvalue weighted by molar-refractivity contribution is 0.539. The lowest BCUT2D eigenvalue weighted by Crippen LogP contribution is -2.27. The molecule has 0 spiro atoms. The Labute approximate surface area is 106 Å². The summed E-state index contributed by atoms with van der Waals surface area (Å²) in [4.78, 5) is 0. The number of rotatable bonds is 3. The van der Waals surface area contributed by atoms with Gasteiger partial charge in [-0.2, -0.15) is 0 Å². The van der Waals surface area contributed by atoms with Crippen molar-refractivity contribution in [1.82, 2.24) is 5.43 Å². The van der Waals surface area contributed by atoms with Crippen LogP contribution in [-0.4, -0.2) is 0 Å². The third-order valence-corrected chi connectivity index (χ3v) is 2.41. The van der Waals surface area contributed by atoms with Gasteiger partial charge in [0.1, 0.15) is 0 Å². The molecule has 1 atom stereocenters. The summed E-state index contributed by atoms with van der Waals surface area (Å²) in [5.74, 6) is 5.39. The van der Waals surface area contributed by atoms with Gasteiger partial charge in [0.05, 0.1) is 0 Å². The predicted molar refractivity (Wildman–Crippen MR) is 69.0 cm³/mol. The van der Waals surface area contributed by atoms with Crippen LogP contribution in [0.2, 0.25) is 0 Å². The molecule has 2 nitrogen and oxygen atoms in total. The van der Waals surface area contributed by atoms with E-state index >= 15 is 0 Å². The molecule has 0 fully saturated rings. The third-order valence-electron chi connectivity index (χ3n) is 1.88. The summed E-state index contributed by atoms with van der Waals surface area (Å²) in [6.07, 6.45) is 0.998. The van der Waals surface area contributed by atoms with Crippen LogP contribution in [0.4, 0.5) is 0 Å². The maximum absolute atomic E-state index is 5.39. The van der Waals surface area contributed by atoms with E-state index in [2.05, 4.69) is 40.4 Å². The van der Waals surface area contributed by atoms with Gasteiger partial charge in [0.25, 0.3) is 0 Å². The van der Waals surface area contributed by atoms with Gasteiger partial charge >= 0.3 is 0 Å². The van der Waals surface area contributed by atoms with Crippen molar-refractivity contribution in [2.24, 2.45) is 5.84 Å². The van der Waals surface area contributed by atoms with Crippen molar-refractivity contribution in [3.63, 3.8) is 0 Å². The van der Waals surface area contributed by atoms with E-state index in [0.29, 0.717) is 0 Å². The average molecular weight is 302 g/mol. The van der Waals surface area contributed by atoms with Crippen LogP contribution in [0.1, 0.15) is 24.9 Å². The molecule has 0 saturated carbocycles. The monoisotopic (exact) mass is 300 g/mol. The smallest absolute Gasteiger partial charge is 0.0457 e. The van der Waals surface area contributed by atoms with E-state index in [4.69, 9.17) is 5.84 Å². The summed E-state index contributed by atoms with van der Waals surface area (Å²) in [5, 5.41) is 0. The highest BCUT2D eigenvalue weighted by Crippen LogP contribution is 2.18. The largest absolute Gasteiger partial charge is 0.271 e. The highest BCUT2D eigenvalue weighted by atomic mass is 79.9. The van der Waals surface area contributed by atoms with Crippen LogP contribution in [0.25, 0.3) is 0 Å². The van der Waals surface area contributed by atoms with Gasteiger partial charge in [-0.25, -0.2) is 0 Å². The fourth-order valence-electron chi connectivity index (χ4n) is 1.14. The zero-order valence-electron chi connectivity index (χ0n) is 7.87. The minimum Gasteiger partial charge on any atom is -0.271 e. The summed E-state index contributed by atoms with van der Waals surface area (Å²) in [6.45, 7) is 2.10. The normalized spacial score (nSPS) is 11.1. The Bertz CT molecular complexity index is 237. The van der Waals surface area contributed by atoms with Crippen LogP contribution in [0.15, 0.2) is 28.7 Å².